The standard InChI is InChI=1S/C16H25NO4/c1-5-20-11-7-6-8-12-13(11)14(19)15(16(2,3)21-12)17(4)9-10-18/h6-8,14-15,18-19H,5,9-10H2,1-4H3. The van der Waals surface area contributed by atoms with Crippen molar-refractivity contribution >= 4 is 0 Å². The molecule has 0 radical (unpaired) electrons. The van der Waals surface area contributed by atoms with E-state index >= 15 is 0 Å². The molecule has 118 valence electrons. The maximum Gasteiger partial charge on any atom is 0.129 e. The summed E-state index contributed by atoms with van der Waals surface area (Å²) in [6, 6.07) is 5.30. The second-order valence-corrected chi connectivity index (χ2v) is 5.90. The zero-order valence-electron chi connectivity index (χ0n) is 13.2. The molecule has 1 heterocycles. The zero-order chi connectivity index (χ0) is 15.6. The third-order valence-electron chi connectivity index (χ3n) is 3.93. The van der Waals surface area contributed by atoms with Crippen molar-refractivity contribution in [3.8, 4) is 11.5 Å². The Morgan fingerprint density at radius 3 is 2.71 bits per heavy atom. The van der Waals surface area contributed by atoms with Crippen molar-refractivity contribution in [1.82, 2.24) is 4.90 Å². The van der Waals surface area contributed by atoms with Crippen LogP contribution in [0.3, 0.4) is 0 Å². The largest absolute Gasteiger partial charge is 0.493 e. The van der Waals surface area contributed by atoms with E-state index in [-0.39, 0.29) is 12.6 Å². The Morgan fingerprint density at radius 2 is 2.10 bits per heavy atom. The van der Waals surface area contributed by atoms with Crippen LogP contribution < -0.4 is 9.47 Å². The van der Waals surface area contributed by atoms with Crippen molar-refractivity contribution in [3.05, 3.63) is 23.8 Å². The van der Waals surface area contributed by atoms with E-state index in [4.69, 9.17) is 14.6 Å². The predicted octanol–water partition coefficient (Wildman–Crippen LogP) is 1.58. The number of ether oxygens (including phenoxy) is 2. The van der Waals surface area contributed by atoms with Crippen molar-refractivity contribution in [2.45, 2.75) is 38.5 Å². The van der Waals surface area contributed by atoms with Crippen LogP contribution in [0.1, 0.15) is 32.4 Å². The van der Waals surface area contributed by atoms with E-state index < -0.39 is 11.7 Å². The third kappa shape index (κ3) is 3.00. The molecule has 0 bridgehead atoms. The molecule has 5 nitrogen and oxygen atoms in total. The highest BCUT2D eigenvalue weighted by atomic mass is 16.5. The molecule has 21 heavy (non-hydrogen) atoms. The summed E-state index contributed by atoms with van der Waals surface area (Å²) in [4.78, 5) is 1.93. The van der Waals surface area contributed by atoms with E-state index in [0.717, 1.165) is 0 Å². The Kier molecular flexibility index (Phi) is 4.76. The minimum absolute atomic E-state index is 0.0375. The predicted molar refractivity (Wildman–Crippen MR) is 80.8 cm³/mol. The highest BCUT2D eigenvalue weighted by molar-refractivity contribution is 5.49. The Balaban J connectivity index is 2.44. The fraction of sp³-hybridized carbons (Fsp3) is 0.625. The van der Waals surface area contributed by atoms with Gasteiger partial charge in [0, 0.05) is 6.54 Å². The number of hydrogen-bond acceptors (Lipinski definition) is 5. The van der Waals surface area contributed by atoms with E-state index in [1.54, 1.807) is 0 Å². The molecule has 1 aliphatic heterocycles. The monoisotopic (exact) mass is 295 g/mol. The lowest BCUT2D eigenvalue weighted by molar-refractivity contribution is -0.0782. The lowest BCUT2D eigenvalue weighted by Gasteiger charge is -2.47. The maximum atomic E-state index is 10.9. The fourth-order valence-corrected chi connectivity index (χ4v) is 3.14. The van der Waals surface area contributed by atoms with Crippen molar-refractivity contribution in [2.75, 3.05) is 26.8 Å². The lowest BCUT2D eigenvalue weighted by Crippen LogP contribution is -2.57. The minimum Gasteiger partial charge on any atom is -0.493 e. The van der Waals surface area contributed by atoms with Gasteiger partial charge in [0.25, 0.3) is 0 Å². The molecule has 1 aliphatic rings. The topological polar surface area (TPSA) is 62.2 Å². The second kappa shape index (κ2) is 6.22. The van der Waals surface area contributed by atoms with Gasteiger partial charge in [0.2, 0.25) is 0 Å². The minimum atomic E-state index is -0.733. The molecule has 0 saturated heterocycles. The molecule has 0 amide bonds. The van der Waals surface area contributed by atoms with E-state index in [9.17, 15) is 5.11 Å². The number of likely N-dealkylation sites (N-methyl/N-ethyl adjacent to an activating group) is 1. The van der Waals surface area contributed by atoms with Gasteiger partial charge in [0.1, 0.15) is 23.2 Å². The van der Waals surface area contributed by atoms with Gasteiger partial charge in [-0.25, -0.2) is 0 Å². The molecule has 0 spiro atoms. The second-order valence-electron chi connectivity index (χ2n) is 5.90. The van der Waals surface area contributed by atoms with Crippen LogP contribution in [0, 0.1) is 0 Å². The maximum absolute atomic E-state index is 10.9. The van der Waals surface area contributed by atoms with Crippen LogP contribution in [-0.4, -0.2) is 53.6 Å². The summed E-state index contributed by atoms with van der Waals surface area (Å²) >= 11 is 0. The molecule has 0 aromatic heterocycles. The van der Waals surface area contributed by atoms with Gasteiger partial charge in [-0.3, -0.25) is 4.90 Å². The molecule has 2 unspecified atom stereocenters. The van der Waals surface area contributed by atoms with Crippen LogP contribution >= 0.6 is 0 Å². The van der Waals surface area contributed by atoms with Gasteiger partial charge in [-0.05, 0) is 40.0 Å². The molecule has 2 rings (SSSR count). The summed E-state index contributed by atoms with van der Waals surface area (Å²) in [5.41, 5.74) is 0.120. The van der Waals surface area contributed by atoms with E-state index in [2.05, 4.69) is 0 Å². The number of nitrogens with zero attached hydrogens (tertiary/aromatic N) is 1. The summed E-state index contributed by atoms with van der Waals surface area (Å²) in [5, 5.41) is 20.0. The van der Waals surface area contributed by atoms with Gasteiger partial charge in [-0.1, -0.05) is 6.07 Å². The van der Waals surface area contributed by atoms with Gasteiger partial charge in [-0.2, -0.15) is 0 Å². The Labute approximate surface area is 126 Å². The molecule has 2 atom stereocenters. The number of benzene rings is 1. The van der Waals surface area contributed by atoms with Crippen molar-refractivity contribution in [3.63, 3.8) is 0 Å². The molecule has 0 aliphatic carbocycles. The quantitative estimate of drug-likeness (QED) is 0.863. The zero-order valence-corrected chi connectivity index (χ0v) is 13.2. The van der Waals surface area contributed by atoms with Crippen LogP contribution in [0.15, 0.2) is 18.2 Å². The molecule has 1 aromatic rings. The lowest BCUT2D eigenvalue weighted by atomic mass is 9.84. The molecule has 2 N–H and O–H groups in total. The molecule has 0 fully saturated rings. The Hall–Kier alpha value is -1.30. The third-order valence-corrected chi connectivity index (χ3v) is 3.93. The van der Waals surface area contributed by atoms with E-state index in [1.165, 1.54) is 0 Å². The SMILES string of the molecule is CCOc1cccc2c1C(O)C(N(C)CCO)C(C)(C)O2. The molecular weight excluding hydrogens is 270 g/mol. The van der Waals surface area contributed by atoms with Gasteiger partial charge < -0.3 is 19.7 Å². The summed E-state index contributed by atoms with van der Waals surface area (Å²) < 4.78 is 11.7. The fourth-order valence-electron chi connectivity index (χ4n) is 3.14. The number of fused-ring (bicyclic) bond motifs is 1. The van der Waals surface area contributed by atoms with Crippen LogP contribution in [-0.2, 0) is 0 Å². The van der Waals surface area contributed by atoms with Gasteiger partial charge in [0.05, 0.1) is 24.8 Å². The first kappa shape index (κ1) is 16.1. The van der Waals surface area contributed by atoms with Crippen LogP contribution in [0.2, 0.25) is 0 Å². The number of rotatable bonds is 5. The van der Waals surface area contributed by atoms with Crippen molar-refractivity contribution in [1.29, 1.82) is 0 Å². The first-order valence-corrected chi connectivity index (χ1v) is 7.36. The van der Waals surface area contributed by atoms with Crippen LogP contribution in [0.25, 0.3) is 0 Å². The summed E-state index contributed by atoms with van der Waals surface area (Å²) in [6.45, 7) is 6.85. The van der Waals surface area contributed by atoms with Crippen LogP contribution in [0.4, 0.5) is 0 Å². The Morgan fingerprint density at radius 1 is 1.38 bits per heavy atom. The summed E-state index contributed by atoms with van der Waals surface area (Å²) in [5.74, 6) is 1.31. The van der Waals surface area contributed by atoms with Gasteiger partial charge in [0.15, 0.2) is 0 Å². The summed E-state index contributed by atoms with van der Waals surface area (Å²) in [7, 11) is 1.88. The van der Waals surface area contributed by atoms with E-state index in [1.807, 2.05) is 50.9 Å². The average molecular weight is 295 g/mol. The van der Waals surface area contributed by atoms with Crippen LogP contribution in [0.5, 0.6) is 11.5 Å². The first-order valence-electron chi connectivity index (χ1n) is 7.36. The van der Waals surface area contributed by atoms with Crippen molar-refractivity contribution < 1.29 is 19.7 Å². The molecule has 0 saturated carbocycles. The van der Waals surface area contributed by atoms with E-state index in [0.29, 0.717) is 30.2 Å². The molecular formula is C16H25NO4. The molecule has 5 heteroatoms. The smallest absolute Gasteiger partial charge is 0.129 e. The van der Waals surface area contributed by atoms with Gasteiger partial charge >= 0.3 is 0 Å². The average Bonchev–Trinajstić information content (AvgIpc) is 2.37. The summed E-state index contributed by atoms with van der Waals surface area (Å²) in [6.07, 6.45) is -0.733. The molecule has 1 aromatic carbocycles. The Bertz CT molecular complexity index is 489. The number of aliphatic hydroxyl groups excluding tert-OH is 2. The van der Waals surface area contributed by atoms with Crippen molar-refractivity contribution in [2.24, 2.45) is 0 Å². The normalized spacial score (nSPS) is 23.6. The highest BCUT2D eigenvalue weighted by Crippen LogP contribution is 2.45. The first-order chi connectivity index (χ1) is 9.92. The highest BCUT2D eigenvalue weighted by Gasteiger charge is 2.46. The number of hydrogen-bond donors (Lipinski definition) is 2. The number of aliphatic hydroxyl groups is 2. The van der Waals surface area contributed by atoms with Gasteiger partial charge in [-0.15, -0.1) is 0 Å².